The van der Waals surface area contributed by atoms with Crippen molar-refractivity contribution >= 4 is 112 Å². The summed E-state index contributed by atoms with van der Waals surface area (Å²) < 4.78 is 43.4. The molecule has 15 amide bonds. The number of hydrogen-bond donors (Lipinski definition) is 7. The van der Waals surface area contributed by atoms with Gasteiger partial charge in [0.25, 0.3) is 11.8 Å². The number of hydroxylamine groups is 2. The van der Waals surface area contributed by atoms with Gasteiger partial charge in [0.2, 0.25) is 53.2 Å². The van der Waals surface area contributed by atoms with E-state index in [0.29, 0.717) is 60.6 Å². The smallest absolute Gasteiger partial charge is 0.409 e. The average molecular weight is 1740 g/mol. The van der Waals surface area contributed by atoms with Crippen LogP contribution in [0.3, 0.4) is 0 Å². The van der Waals surface area contributed by atoms with Crippen molar-refractivity contribution in [1.82, 2.24) is 61.0 Å². The molecule has 2 aromatic rings. The number of unbranched alkanes of at least 4 members (excludes halogenated alkanes) is 2. The summed E-state index contributed by atoms with van der Waals surface area (Å²) in [5, 5.41) is 16.2. The van der Waals surface area contributed by atoms with Gasteiger partial charge in [0.15, 0.2) is 17.3 Å². The molecule has 4 fully saturated rings. The Morgan fingerprint density at radius 2 is 1.36 bits per heavy atom. The molecule has 12 atom stereocenters. The molecule has 678 valence electrons. The highest BCUT2D eigenvalue weighted by molar-refractivity contribution is 8.00. The zero-order valence-corrected chi connectivity index (χ0v) is 74.3. The largest absolute Gasteiger partial charge is 0.494 e. The lowest BCUT2D eigenvalue weighted by atomic mass is 9.89. The van der Waals surface area contributed by atoms with Gasteiger partial charge in [-0.1, -0.05) is 87.3 Å². The van der Waals surface area contributed by atoms with Crippen LogP contribution in [0, 0.1) is 40.8 Å². The molecule has 0 aromatic heterocycles. The van der Waals surface area contributed by atoms with Crippen LogP contribution in [0.1, 0.15) is 175 Å². The number of amides is 15. The second kappa shape index (κ2) is 47.5. The third-order valence-electron chi connectivity index (χ3n) is 22.7. The fraction of sp³-hybridized carbons (Fsp3) is 0.667. The number of anilines is 1. The van der Waals surface area contributed by atoms with E-state index in [1.54, 1.807) is 71.1 Å². The second-order valence-corrected chi connectivity index (χ2v) is 34.5. The Hall–Kier alpha value is -10.1. The normalized spacial score (nSPS) is 18.4. The van der Waals surface area contributed by atoms with E-state index < -0.39 is 161 Å². The van der Waals surface area contributed by atoms with E-state index >= 15 is 4.79 Å². The Bertz CT molecular complexity index is 4000. The monoisotopic (exact) mass is 1730 g/mol. The van der Waals surface area contributed by atoms with E-state index in [4.69, 9.17) is 34.3 Å². The number of benzene rings is 2. The van der Waals surface area contributed by atoms with E-state index in [0.717, 1.165) is 6.07 Å². The molecule has 3 aliphatic heterocycles. The highest BCUT2D eigenvalue weighted by Gasteiger charge is 2.50. The van der Waals surface area contributed by atoms with Crippen molar-refractivity contribution in [2.75, 3.05) is 107 Å². The molecule has 2 aromatic carbocycles. The molecule has 0 bridgehead atoms. The number of ketones is 1. The molecule has 3 heterocycles. The van der Waals surface area contributed by atoms with Gasteiger partial charge < -0.3 is 85.8 Å². The van der Waals surface area contributed by atoms with Gasteiger partial charge in [-0.3, -0.25) is 67.3 Å². The fourth-order valence-electron chi connectivity index (χ4n) is 15.1. The number of imide groups is 2. The molecule has 1 saturated carbocycles. The first-order chi connectivity index (χ1) is 57.6. The number of likely N-dealkylation sites (tertiary alicyclic amines) is 2. The molecule has 3 saturated heterocycles. The quantitative estimate of drug-likeness (QED) is 0.0251. The van der Waals surface area contributed by atoms with E-state index in [1.807, 2.05) is 41.5 Å². The lowest BCUT2D eigenvalue weighted by molar-refractivity contribution is -0.198. The lowest BCUT2D eigenvalue weighted by Crippen LogP contribution is -2.59. The predicted octanol–water partition coefficient (Wildman–Crippen LogP) is 5.31. The van der Waals surface area contributed by atoms with Gasteiger partial charge in [-0.05, 0) is 118 Å². The van der Waals surface area contributed by atoms with Crippen molar-refractivity contribution in [2.45, 2.75) is 225 Å². The van der Waals surface area contributed by atoms with Gasteiger partial charge in [0.1, 0.15) is 30.8 Å². The van der Waals surface area contributed by atoms with Gasteiger partial charge in [-0.25, -0.2) is 23.6 Å². The Morgan fingerprint density at radius 3 is 1.93 bits per heavy atom. The number of nitrogens with two attached hydrogens (primary N) is 1. The summed E-state index contributed by atoms with van der Waals surface area (Å²) >= 11 is 1.29. The molecule has 8 N–H and O–H groups in total. The first-order valence-corrected chi connectivity index (χ1v) is 42.7. The fourth-order valence-corrected chi connectivity index (χ4v) is 16.6. The number of halogens is 1. The standard InChI is InChI=1S/C84H127FN14O22S/c1-18-51(8)73(96(14)80(112)71(49(4)5)92-78(110)72(50(6)7)93(10)11)62(117-16)41-67(104)98-45-56(40-59(98)74(118-17)52(9)75(107)88-44-60(100)54-27-30-61(116-15)57(85)39-54)120-83(115)95(13)38-37-94(12)82(114)119-46-53-25-28-55(29-26-53)89-76(108)58(23-22-35-87-81(86)113)90-77(109)70(48(2)3)91-64(101)24-20-19-21-36-97-68(105)42-63(79(97)111)122-47-84(33-34-84)43-69(106)121-99-65(102)31-32-66(99)103/h25-30,39,48-52,56,58-59,62-63,70-74H,18-24,31-38,40-47H2,1-17H3,(H,88,107)(H,89,108)(H,90,109)(H,91,101)(H,92,110)(H3,86,87,113)/t51-,52+,56-,58?,59-,62+,63?,70-,71-,72-,73?,74+/m0/s1. The van der Waals surface area contributed by atoms with Crippen LogP contribution in [0.15, 0.2) is 42.5 Å². The minimum atomic E-state index is -1.17. The Morgan fingerprint density at radius 1 is 0.713 bits per heavy atom. The summed E-state index contributed by atoms with van der Waals surface area (Å²) in [4.78, 5) is 227. The van der Waals surface area contributed by atoms with Crippen molar-refractivity contribution in [3.63, 3.8) is 0 Å². The minimum absolute atomic E-state index is 0.00325. The summed E-state index contributed by atoms with van der Waals surface area (Å²) in [5.74, 6) is -9.30. The molecule has 38 heteroatoms. The molecule has 6 rings (SSSR count). The van der Waals surface area contributed by atoms with Gasteiger partial charge in [0, 0.05) is 111 Å². The zero-order chi connectivity index (χ0) is 90.7. The zero-order valence-electron chi connectivity index (χ0n) is 73.4. The van der Waals surface area contributed by atoms with Crippen LogP contribution in [0.2, 0.25) is 0 Å². The number of likely N-dealkylation sites (N-methyl/N-ethyl adjacent to an activating group) is 4. The third-order valence-corrected chi connectivity index (χ3v) is 24.3. The Balaban J connectivity index is 1.02. The van der Waals surface area contributed by atoms with Crippen molar-refractivity contribution in [3.8, 4) is 5.75 Å². The molecular weight excluding hydrogens is 1610 g/mol. The van der Waals surface area contributed by atoms with Crippen LogP contribution < -0.4 is 42.4 Å². The summed E-state index contributed by atoms with van der Waals surface area (Å²) in [7, 11) is 12.2. The number of carbonyl (C=O) groups is 16. The second-order valence-electron chi connectivity index (χ2n) is 33.3. The predicted molar refractivity (Wildman–Crippen MR) is 447 cm³/mol. The molecule has 0 radical (unpaired) electrons. The maximum Gasteiger partial charge on any atom is 0.409 e. The first-order valence-electron chi connectivity index (χ1n) is 41.7. The number of ether oxygens (including phenoxy) is 5. The lowest BCUT2D eigenvalue weighted by Gasteiger charge is -2.41. The average Bonchev–Trinajstić information content (AvgIpc) is 1.65. The summed E-state index contributed by atoms with van der Waals surface area (Å²) in [6, 6.07) is 3.79. The Labute approximate surface area is 717 Å². The SMILES string of the molecule is CC[C@H](C)C([C@@H](CC(=O)N1C[C@@H](OC(=O)N(C)CCN(C)C(=O)OCc2ccc(NC(=O)C(CCCNC(N)=O)NC(=O)[C@@H](NC(=O)CCCCCN3C(=O)CC(SCC4(CC(=O)ON5C(=O)CCC5=O)CC4)C3=O)C(C)C)cc2)C[C@H]1[C@H](OC)[C@@H](C)C(=O)NCC(=O)c1ccc(OC)c(F)c1)OC)N(C)C(=O)[C@@H](NC(=O)[C@H](C(C)C)N(C)C)C(C)C. The number of urea groups is 1. The van der Waals surface area contributed by atoms with Crippen LogP contribution in [0.5, 0.6) is 5.75 Å². The highest BCUT2D eigenvalue weighted by Crippen LogP contribution is 2.52. The summed E-state index contributed by atoms with van der Waals surface area (Å²) in [6.45, 7) is 15.6. The van der Waals surface area contributed by atoms with E-state index in [2.05, 4.69) is 31.9 Å². The number of hydrogen-bond acceptors (Lipinski definition) is 24. The van der Waals surface area contributed by atoms with Gasteiger partial charge in [-0.2, -0.15) is 0 Å². The minimum Gasteiger partial charge on any atom is -0.494 e. The number of methoxy groups -OCH3 is 3. The number of carbonyl (C=O) groups excluding carboxylic acids is 16. The summed E-state index contributed by atoms with van der Waals surface area (Å²) in [6.07, 6.45) is -1.58. The summed E-state index contributed by atoms with van der Waals surface area (Å²) in [5.41, 5.74) is 5.62. The van der Waals surface area contributed by atoms with Crippen LogP contribution in [0.4, 0.5) is 24.5 Å². The first kappa shape index (κ1) is 101. The number of rotatable bonds is 49. The number of nitrogens with zero attached hydrogens (tertiary/aromatic N) is 7. The molecule has 3 unspecified atom stereocenters. The molecular formula is C84H127FN14O22S. The van der Waals surface area contributed by atoms with Crippen LogP contribution in [-0.2, 0) is 87.9 Å². The van der Waals surface area contributed by atoms with Crippen LogP contribution >= 0.6 is 11.8 Å². The molecule has 36 nitrogen and oxygen atoms in total. The van der Waals surface area contributed by atoms with Crippen molar-refractivity contribution in [1.29, 1.82) is 0 Å². The maximum atomic E-state index is 15.1. The Kier molecular flexibility index (Phi) is 39.2. The molecule has 1 aliphatic carbocycles. The molecule has 122 heavy (non-hydrogen) atoms. The number of Topliss-reactive ketones (excluding diaryl/α,β-unsaturated/α-hetero) is 1. The van der Waals surface area contributed by atoms with Crippen molar-refractivity contribution in [3.05, 3.63) is 59.4 Å². The maximum absolute atomic E-state index is 15.1. The highest BCUT2D eigenvalue weighted by atomic mass is 32.2. The van der Waals surface area contributed by atoms with E-state index in [1.165, 1.54) is 83.8 Å². The van der Waals surface area contributed by atoms with Crippen LogP contribution in [0.25, 0.3) is 0 Å². The number of thioether (sulfide) groups is 1. The van der Waals surface area contributed by atoms with Gasteiger partial charge in [-0.15, -0.1) is 16.8 Å². The number of primary amides is 1. The number of nitrogens with one attached hydrogen (secondary N) is 6. The molecule has 4 aliphatic rings. The molecule has 0 spiro atoms. The van der Waals surface area contributed by atoms with Crippen molar-refractivity contribution in [2.24, 2.45) is 40.7 Å². The van der Waals surface area contributed by atoms with Gasteiger partial charge >= 0.3 is 24.2 Å². The van der Waals surface area contributed by atoms with Crippen LogP contribution in [-0.4, -0.2) is 291 Å². The van der Waals surface area contributed by atoms with E-state index in [-0.39, 0.29) is 150 Å². The van der Waals surface area contributed by atoms with Crippen molar-refractivity contribution < 1.29 is 110 Å². The van der Waals surface area contributed by atoms with Gasteiger partial charge in [0.05, 0.1) is 74.5 Å². The van der Waals surface area contributed by atoms with E-state index in [9.17, 15) is 76.3 Å². The topological polar surface area (TPSA) is 449 Å². The third kappa shape index (κ3) is 29.0.